The summed E-state index contributed by atoms with van der Waals surface area (Å²) in [5.41, 5.74) is -0.0710. The van der Waals surface area contributed by atoms with E-state index in [1.165, 1.54) is 32.3 Å². The topological polar surface area (TPSA) is 32.9 Å². The molecule has 5 aromatic carbocycles. The van der Waals surface area contributed by atoms with Crippen LogP contribution in [0.15, 0.2) is 65.5 Å². The Balaban J connectivity index is 0.000000777. The number of pyridine rings is 1. The molecule has 0 aliphatic heterocycles. The van der Waals surface area contributed by atoms with Crippen molar-refractivity contribution in [1.82, 2.24) is 4.98 Å². The molecule has 0 amide bonds. The first-order valence-corrected chi connectivity index (χ1v) is 9.37. The average molecular weight is 349 g/mol. The Morgan fingerprint density at radius 2 is 1.11 bits per heavy atom. The van der Waals surface area contributed by atoms with E-state index in [1.54, 1.807) is 0 Å². The van der Waals surface area contributed by atoms with E-state index in [1.807, 2.05) is 19.9 Å². The Morgan fingerprint density at radius 3 is 1.74 bits per heavy atom. The fraction of sp³-hybridized carbons (Fsp3) is 0.0800. The van der Waals surface area contributed by atoms with Crippen molar-refractivity contribution in [2.75, 3.05) is 0 Å². The number of rotatable bonds is 0. The molecule has 0 bridgehead atoms. The van der Waals surface area contributed by atoms with Crippen molar-refractivity contribution in [1.29, 1.82) is 0 Å². The SMILES string of the molecule is C=c1[nH]c(=O)c2ccc3c4cccc5cccc(c6ccc1c2c63)c54.CC. The quantitative estimate of drug-likeness (QED) is 0.275. The molecule has 0 saturated heterocycles. The molecule has 0 aliphatic carbocycles. The zero-order valence-electron chi connectivity index (χ0n) is 15.4. The lowest BCUT2D eigenvalue weighted by Crippen LogP contribution is -2.19. The standard InChI is InChI=1S/C23H13NO.C2H6/c1-12-14-8-9-17-15-6-2-4-13-5-3-7-16(20(13)15)18-10-11-19(23(25)24-12)21(14)22(17)18;1-2/h2-11H,1H2,(H,24,25);1-2H3. The molecular formula is C25H19NO. The lowest BCUT2D eigenvalue weighted by atomic mass is 9.88. The van der Waals surface area contributed by atoms with Crippen molar-refractivity contribution in [2.24, 2.45) is 0 Å². The van der Waals surface area contributed by atoms with Crippen molar-refractivity contribution in [3.8, 4) is 0 Å². The molecule has 0 radical (unpaired) electrons. The van der Waals surface area contributed by atoms with Gasteiger partial charge >= 0.3 is 0 Å². The molecule has 1 heterocycles. The van der Waals surface area contributed by atoms with Gasteiger partial charge in [-0.15, -0.1) is 0 Å². The van der Waals surface area contributed by atoms with Crippen molar-refractivity contribution in [3.63, 3.8) is 0 Å². The lowest BCUT2D eigenvalue weighted by molar-refractivity contribution is 1.24. The minimum atomic E-state index is -0.0710. The van der Waals surface area contributed by atoms with Crippen molar-refractivity contribution in [3.05, 3.63) is 76.4 Å². The average Bonchev–Trinajstić information content (AvgIpc) is 2.72. The number of nitrogens with one attached hydrogen (secondary N) is 1. The molecule has 130 valence electrons. The molecule has 0 fully saturated rings. The van der Waals surface area contributed by atoms with Crippen LogP contribution in [-0.4, -0.2) is 4.98 Å². The fourth-order valence-corrected chi connectivity index (χ4v) is 4.45. The highest BCUT2D eigenvalue weighted by Crippen LogP contribution is 2.41. The van der Waals surface area contributed by atoms with Gasteiger partial charge in [-0.05, 0) is 43.8 Å². The highest BCUT2D eigenvalue weighted by Gasteiger charge is 2.16. The number of H-pyrrole nitrogens is 1. The second-order valence-electron chi connectivity index (χ2n) is 6.71. The monoisotopic (exact) mass is 349 g/mol. The van der Waals surface area contributed by atoms with Crippen LogP contribution in [0.3, 0.4) is 0 Å². The van der Waals surface area contributed by atoms with E-state index in [-0.39, 0.29) is 5.56 Å². The molecule has 0 spiro atoms. The Labute approximate surface area is 156 Å². The van der Waals surface area contributed by atoms with Gasteiger partial charge in [0.15, 0.2) is 0 Å². The van der Waals surface area contributed by atoms with Gasteiger partial charge in [-0.25, -0.2) is 0 Å². The normalized spacial score (nSPS) is 11.6. The van der Waals surface area contributed by atoms with Crippen LogP contribution in [0.5, 0.6) is 0 Å². The molecule has 6 aromatic rings. The predicted molar refractivity (Wildman–Crippen MR) is 118 cm³/mol. The number of hydrogen-bond acceptors (Lipinski definition) is 1. The van der Waals surface area contributed by atoms with E-state index in [0.29, 0.717) is 5.35 Å². The third kappa shape index (κ3) is 1.93. The molecule has 1 N–H and O–H groups in total. The van der Waals surface area contributed by atoms with Crippen LogP contribution in [-0.2, 0) is 0 Å². The smallest absolute Gasteiger partial charge is 0.256 e. The first kappa shape index (κ1) is 15.8. The van der Waals surface area contributed by atoms with Gasteiger partial charge in [-0.1, -0.05) is 75.0 Å². The molecule has 6 rings (SSSR count). The summed E-state index contributed by atoms with van der Waals surface area (Å²) >= 11 is 0. The van der Waals surface area contributed by atoms with Crippen LogP contribution in [0.4, 0.5) is 0 Å². The summed E-state index contributed by atoms with van der Waals surface area (Å²) in [7, 11) is 0. The first-order valence-electron chi connectivity index (χ1n) is 9.37. The minimum absolute atomic E-state index is 0.0710. The van der Waals surface area contributed by atoms with Crippen LogP contribution in [0, 0.1) is 0 Å². The molecule has 2 nitrogen and oxygen atoms in total. The second kappa shape index (κ2) is 5.55. The zero-order valence-corrected chi connectivity index (χ0v) is 15.4. The first-order chi connectivity index (χ1) is 13.2. The van der Waals surface area contributed by atoms with Crippen LogP contribution in [0.2, 0.25) is 0 Å². The number of aromatic nitrogens is 1. The second-order valence-corrected chi connectivity index (χ2v) is 6.71. The maximum Gasteiger partial charge on any atom is 0.256 e. The Morgan fingerprint density at radius 1 is 0.630 bits per heavy atom. The summed E-state index contributed by atoms with van der Waals surface area (Å²) in [5.74, 6) is 0. The van der Waals surface area contributed by atoms with Gasteiger partial charge in [0, 0.05) is 21.5 Å². The summed E-state index contributed by atoms with van der Waals surface area (Å²) in [6.07, 6.45) is 0. The maximum absolute atomic E-state index is 12.5. The van der Waals surface area contributed by atoms with E-state index in [2.05, 4.69) is 66.2 Å². The van der Waals surface area contributed by atoms with E-state index in [4.69, 9.17) is 0 Å². The molecular weight excluding hydrogens is 330 g/mol. The highest BCUT2D eigenvalue weighted by atomic mass is 16.1. The molecule has 0 unspecified atom stereocenters. The van der Waals surface area contributed by atoms with E-state index < -0.39 is 0 Å². The molecule has 0 atom stereocenters. The summed E-state index contributed by atoms with van der Waals surface area (Å²) in [6, 6.07) is 21.2. The number of fused-ring (bicyclic) bond motifs is 2. The molecule has 2 heteroatoms. The Kier molecular flexibility index (Phi) is 3.26. The van der Waals surface area contributed by atoms with Crippen LogP contribution in [0.1, 0.15) is 13.8 Å². The van der Waals surface area contributed by atoms with Gasteiger partial charge in [-0.3, -0.25) is 4.79 Å². The predicted octanol–water partition coefficient (Wildman–Crippen LogP) is 5.73. The van der Waals surface area contributed by atoms with Gasteiger partial charge in [0.1, 0.15) is 0 Å². The zero-order chi connectivity index (χ0) is 18.7. The van der Waals surface area contributed by atoms with E-state index in [0.717, 1.165) is 21.5 Å². The van der Waals surface area contributed by atoms with Crippen LogP contribution < -0.4 is 10.9 Å². The molecule has 0 saturated carbocycles. The summed E-state index contributed by atoms with van der Waals surface area (Å²) in [5, 5.41) is 12.0. The highest BCUT2D eigenvalue weighted by molar-refractivity contribution is 6.36. The summed E-state index contributed by atoms with van der Waals surface area (Å²) in [4.78, 5) is 15.4. The fourth-order valence-electron chi connectivity index (χ4n) is 4.45. The van der Waals surface area contributed by atoms with E-state index in [9.17, 15) is 4.79 Å². The van der Waals surface area contributed by atoms with Crippen molar-refractivity contribution < 1.29 is 0 Å². The molecule has 1 aromatic heterocycles. The largest absolute Gasteiger partial charge is 0.322 e. The Hall–Kier alpha value is -3.39. The number of benzene rings is 5. The third-order valence-electron chi connectivity index (χ3n) is 5.48. The van der Waals surface area contributed by atoms with Crippen molar-refractivity contribution >= 4 is 60.4 Å². The summed E-state index contributed by atoms with van der Waals surface area (Å²) in [6.45, 7) is 8.04. The maximum atomic E-state index is 12.5. The summed E-state index contributed by atoms with van der Waals surface area (Å²) < 4.78 is 0. The van der Waals surface area contributed by atoms with Gasteiger partial charge in [-0.2, -0.15) is 0 Å². The van der Waals surface area contributed by atoms with Gasteiger partial charge in [0.25, 0.3) is 5.56 Å². The minimum Gasteiger partial charge on any atom is -0.322 e. The third-order valence-corrected chi connectivity index (χ3v) is 5.48. The Bertz CT molecular complexity index is 1460. The number of aromatic amines is 1. The molecule has 0 aliphatic rings. The van der Waals surface area contributed by atoms with Gasteiger partial charge in [0.05, 0.1) is 0 Å². The van der Waals surface area contributed by atoms with Gasteiger partial charge < -0.3 is 4.98 Å². The molecule has 27 heavy (non-hydrogen) atoms. The van der Waals surface area contributed by atoms with Crippen LogP contribution in [0.25, 0.3) is 60.4 Å². The van der Waals surface area contributed by atoms with Gasteiger partial charge in [0.2, 0.25) is 0 Å². The van der Waals surface area contributed by atoms with E-state index >= 15 is 0 Å². The number of hydrogen-bond donors (Lipinski definition) is 1. The lowest BCUT2D eigenvalue weighted by Gasteiger charge is -2.16. The van der Waals surface area contributed by atoms with Crippen LogP contribution >= 0.6 is 0 Å². The van der Waals surface area contributed by atoms with Crippen molar-refractivity contribution in [2.45, 2.75) is 13.8 Å².